The van der Waals surface area contributed by atoms with Gasteiger partial charge in [0.15, 0.2) is 5.96 Å². The van der Waals surface area contributed by atoms with Gasteiger partial charge in [-0.05, 0) is 30.4 Å². The summed E-state index contributed by atoms with van der Waals surface area (Å²) >= 11 is 0. The lowest BCUT2D eigenvalue weighted by atomic mass is 10.0. The highest BCUT2D eigenvalue weighted by Gasteiger charge is 2.23. The third-order valence-electron chi connectivity index (χ3n) is 5.68. The van der Waals surface area contributed by atoms with E-state index in [1.807, 2.05) is 7.05 Å². The van der Waals surface area contributed by atoms with Crippen LogP contribution >= 0.6 is 0 Å². The quantitative estimate of drug-likeness (QED) is 0.506. The zero-order valence-corrected chi connectivity index (χ0v) is 17.7. The highest BCUT2D eigenvalue weighted by Crippen LogP contribution is 2.21. The Hall–Kier alpha value is -2.05. The van der Waals surface area contributed by atoms with Gasteiger partial charge in [0.2, 0.25) is 0 Å². The number of aromatic amines is 1. The van der Waals surface area contributed by atoms with Crippen LogP contribution in [0.15, 0.2) is 29.4 Å². The third-order valence-corrected chi connectivity index (χ3v) is 5.68. The molecule has 154 valence electrons. The summed E-state index contributed by atoms with van der Waals surface area (Å²) in [6.07, 6.45) is 3.09. The number of guanidine groups is 1. The van der Waals surface area contributed by atoms with Crippen LogP contribution in [0.3, 0.4) is 0 Å². The van der Waals surface area contributed by atoms with E-state index in [4.69, 9.17) is 4.74 Å². The molecule has 1 aliphatic heterocycles. The van der Waals surface area contributed by atoms with Crippen LogP contribution in [0.5, 0.6) is 0 Å². The van der Waals surface area contributed by atoms with Gasteiger partial charge in [0, 0.05) is 56.4 Å². The summed E-state index contributed by atoms with van der Waals surface area (Å²) in [4.78, 5) is 10.3. The molecule has 2 heterocycles. The van der Waals surface area contributed by atoms with Gasteiger partial charge < -0.3 is 20.4 Å². The van der Waals surface area contributed by atoms with Gasteiger partial charge in [-0.25, -0.2) is 0 Å². The molecule has 0 amide bonds. The average Bonchev–Trinajstić information content (AvgIpc) is 3.12. The molecule has 0 radical (unpaired) electrons. The van der Waals surface area contributed by atoms with E-state index in [-0.39, 0.29) is 0 Å². The van der Waals surface area contributed by atoms with Crippen molar-refractivity contribution in [3.8, 4) is 0 Å². The molecule has 0 bridgehead atoms. The van der Waals surface area contributed by atoms with Gasteiger partial charge in [-0.2, -0.15) is 0 Å². The van der Waals surface area contributed by atoms with Crippen LogP contribution in [0.1, 0.15) is 25.0 Å². The number of aryl methyl sites for hydroxylation is 1. The Morgan fingerprint density at radius 3 is 2.75 bits per heavy atom. The second-order valence-corrected chi connectivity index (χ2v) is 7.90. The number of nitrogens with zero attached hydrogens (tertiary/aromatic N) is 2. The number of rotatable bonds is 7. The number of aliphatic imine (C=N–C) groups is 1. The fourth-order valence-corrected chi connectivity index (χ4v) is 4.00. The van der Waals surface area contributed by atoms with E-state index >= 15 is 0 Å². The van der Waals surface area contributed by atoms with Crippen LogP contribution in [-0.4, -0.2) is 68.3 Å². The fraction of sp³-hybridized carbons (Fsp3) is 0.591. The summed E-state index contributed by atoms with van der Waals surface area (Å²) in [5.41, 5.74) is 3.87. The second kappa shape index (κ2) is 9.94. The number of benzene rings is 1. The zero-order valence-electron chi connectivity index (χ0n) is 17.7. The fourth-order valence-electron chi connectivity index (χ4n) is 4.00. The highest BCUT2D eigenvalue weighted by molar-refractivity contribution is 5.86. The molecule has 0 saturated carbocycles. The number of nitrogens with one attached hydrogen (secondary N) is 3. The summed E-state index contributed by atoms with van der Waals surface area (Å²) in [5.74, 6) is 1.45. The maximum atomic E-state index is 5.50. The first-order chi connectivity index (χ1) is 13.6. The van der Waals surface area contributed by atoms with Gasteiger partial charge in [0.1, 0.15) is 0 Å². The number of para-hydroxylation sites is 1. The summed E-state index contributed by atoms with van der Waals surface area (Å²) in [5, 5.41) is 8.31. The van der Waals surface area contributed by atoms with E-state index in [0.29, 0.717) is 12.0 Å². The lowest BCUT2D eigenvalue weighted by Gasteiger charge is -2.37. The predicted octanol–water partition coefficient (Wildman–Crippen LogP) is 2.54. The van der Waals surface area contributed by atoms with E-state index < -0.39 is 0 Å². The smallest absolute Gasteiger partial charge is 0.191 e. The molecule has 3 rings (SSSR count). The van der Waals surface area contributed by atoms with Crippen molar-refractivity contribution in [2.45, 2.75) is 33.2 Å². The monoisotopic (exact) mass is 385 g/mol. The van der Waals surface area contributed by atoms with Crippen molar-refractivity contribution in [2.75, 3.05) is 46.4 Å². The van der Waals surface area contributed by atoms with Gasteiger partial charge in [0.25, 0.3) is 0 Å². The maximum Gasteiger partial charge on any atom is 0.191 e. The van der Waals surface area contributed by atoms with Crippen molar-refractivity contribution >= 4 is 16.9 Å². The van der Waals surface area contributed by atoms with Crippen molar-refractivity contribution < 1.29 is 4.74 Å². The molecule has 1 unspecified atom stereocenters. The molecule has 1 aliphatic rings. The first-order valence-electron chi connectivity index (χ1n) is 10.4. The van der Waals surface area contributed by atoms with E-state index in [0.717, 1.165) is 51.8 Å². The van der Waals surface area contributed by atoms with Crippen molar-refractivity contribution in [1.82, 2.24) is 20.5 Å². The van der Waals surface area contributed by atoms with Crippen LogP contribution in [-0.2, 0) is 11.2 Å². The number of hydrogen-bond donors (Lipinski definition) is 3. The number of morpholine rings is 1. The van der Waals surface area contributed by atoms with Crippen molar-refractivity contribution in [3.05, 3.63) is 35.5 Å². The van der Waals surface area contributed by atoms with E-state index in [1.54, 1.807) is 0 Å². The Kier molecular flexibility index (Phi) is 7.34. The Labute approximate surface area is 168 Å². The van der Waals surface area contributed by atoms with Crippen LogP contribution in [0.25, 0.3) is 10.9 Å². The lowest BCUT2D eigenvalue weighted by Crippen LogP contribution is -2.52. The van der Waals surface area contributed by atoms with Crippen LogP contribution in [0, 0.1) is 12.8 Å². The summed E-state index contributed by atoms with van der Waals surface area (Å²) in [6, 6.07) is 6.95. The van der Waals surface area contributed by atoms with Crippen molar-refractivity contribution in [3.63, 3.8) is 0 Å². The number of fused-ring (bicyclic) bond motifs is 1. The minimum Gasteiger partial charge on any atom is -0.379 e. The van der Waals surface area contributed by atoms with Crippen LogP contribution in [0.4, 0.5) is 0 Å². The molecular formula is C22H35N5O. The van der Waals surface area contributed by atoms with E-state index in [1.165, 1.54) is 22.0 Å². The molecule has 6 heteroatoms. The molecule has 1 atom stereocenters. The first-order valence-corrected chi connectivity index (χ1v) is 10.4. The topological polar surface area (TPSA) is 64.7 Å². The van der Waals surface area contributed by atoms with Crippen LogP contribution < -0.4 is 10.6 Å². The third kappa shape index (κ3) is 5.06. The Morgan fingerprint density at radius 1 is 1.25 bits per heavy atom. The van der Waals surface area contributed by atoms with E-state index in [2.05, 4.69) is 70.7 Å². The number of ether oxygens (including phenoxy) is 1. The molecule has 1 fully saturated rings. The van der Waals surface area contributed by atoms with Gasteiger partial charge in [-0.1, -0.05) is 32.0 Å². The lowest BCUT2D eigenvalue weighted by molar-refractivity contribution is 0.00752. The van der Waals surface area contributed by atoms with Crippen molar-refractivity contribution in [1.29, 1.82) is 0 Å². The summed E-state index contributed by atoms with van der Waals surface area (Å²) < 4.78 is 5.50. The second-order valence-electron chi connectivity index (χ2n) is 7.90. The Bertz CT molecular complexity index is 776. The molecule has 1 aromatic heterocycles. The van der Waals surface area contributed by atoms with Gasteiger partial charge in [-0.15, -0.1) is 0 Å². The van der Waals surface area contributed by atoms with Gasteiger partial charge >= 0.3 is 0 Å². The number of aromatic nitrogens is 1. The summed E-state index contributed by atoms with van der Waals surface area (Å²) in [6.45, 7) is 12.2. The Balaban J connectivity index is 1.50. The molecule has 2 aromatic rings. The minimum atomic E-state index is 0.485. The molecule has 1 aromatic carbocycles. The standard InChI is InChI=1S/C22H35N5O/c1-16(2)20(27-10-12-28-13-11-27)15-26-22(23-4)24-9-8-18-14-25-21-17(3)6-5-7-19(18)21/h5-7,14,16,20,25H,8-13,15H2,1-4H3,(H2,23,24,26). The van der Waals surface area contributed by atoms with Crippen molar-refractivity contribution in [2.24, 2.45) is 10.9 Å². The molecular weight excluding hydrogens is 350 g/mol. The molecule has 28 heavy (non-hydrogen) atoms. The molecule has 6 nitrogen and oxygen atoms in total. The Morgan fingerprint density at radius 2 is 2.04 bits per heavy atom. The number of H-pyrrole nitrogens is 1. The van der Waals surface area contributed by atoms with Gasteiger partial charge in [-0.3, -0.25) is 9.89 Å². The average molecular weight is 386 g/mol. The molecule has 3 N–H and O–H groups in total. The molecule has 0 spiro atoms. The molecule has 0 aliphatic carbocycles. The largest absolute Gasteiger partial charge is 0.379 e. The predicted molar refractivity (Wildman–Crippen MR) is 117 cm³/mol. The number of hydrogen-bond acceptors (Lipinski definition) is 3. The maximum absolute atomic E-state index is 5.50. The zero-order chi connectivity index (χ0) is 19.9. The van der Waals surface area contributed by atoms with Gasteiger partial charge in [0.05, 0.1) is 13.2 Å². The van der Waals surface area contributed by atoms with E-state index in [9.17, 15) is 0 Å². The summed E-state index contributed by atoms with van der Waals surface area (Å²) in [7, 11) is 1.84. The normalized spacial score (nSPS) is 17.2. The molecule has 1 saturated heterocycles. The highest BCUT2D eigenvalue weighted by atomic mass is 16.5. The first kappa shape index (κ1) is 20.7. The van der Waals surface area contributed by atoms with Crippen LogP contribution in [0.2, 0.25) is 0 Å². The SMILES string of the molecule is CN=C(NCCc1c[nH]c2c(C)cccc12)NCC(C(C)C)N1CCOCC1. The minimum absolute atomic E-state index is 0.485.